The number of nitrogens with one attached hydrogen (secondary N) is 2. The molecule has 0 aromatic carbocycles. The second-order valence-corrected chi connectivity index (χ2v) is 4.95. The predicted octanol–water partition coefficient (Wildman–Crippen LogP) is 0.947. The van der Waals surface area contributed by atoms with E-state index in [2.05, 4.69) is 24.5 Å². The maximum Gasteiger partial charge on any atom is 0.325 e. The molecule has 0 bridgehead atoms. The fraction of sp³-hybridized carbons (Fsp3) is 0.800. The zero-order valence-corrected chi connectivity index (χ0v) is 9.33. The van der Waals surface area contributed by atoms with Crippen LogP contribution in [0.15, 0.2) is 0 Å². The van der Waals surface area contributed by atoms with Crippen molar-refractivity contribution < 1.29 is 14.7 Å². The van der Waals surface area contributed by atoms with Crippen LogP contribution >= 0.6 is 0 Å². The largest absolute Gasteiger partial charge is 0.480 e. The van der Waals surface area contributed by atoms with Gasteiger partial charge in [-0.1, -0.05) is 13.8 Å². The molecule has 1 aliphatic carbocycles. The molecule has 1 rings (SSSR count). The molecule has 2 amide bonds. The van der Waals surface area contributed by atoms with Gasteiger partial charge in [0.15, 0.2) is 0 Å². The molecule has 3 N–H and O–H groups in total. The summed E-state index contributed by atoms with van der Waals surface area (Å²) in [5, 5.41) is 13.7. The van der Waals surface area contributed by atoms with E-state index in [1.165, 1.54) is 6.92 Å². The van der Waals surface area contributed by atoms with Crippen molar-refractivity contribution in [3.05, 3.63) is 0 Å². The Labute approximate surface area is 89.2 Å². The molecule has 0 saturated heterocycles. The zero-order chi connectivity index (χ0) is 11.6. The van der Waals surface area contributed by atoms with Gasteiger partial charge in [-0.3, -0.25) is 4.79 Å². The highest BCUT2D eigenvalue weighted by Gasteiger charge is 2.36. The maximum absolute atomic E-state index is 11.3. The Bertz CT molecular complexity index is 268. The molecule has 0 aromatic heterocycles. The van der Waals surface area contributed by atoms with Gasteiger partial charge in [-0.25, -0.2) is 4.79 Å². The first-order valence-electron chi connectivity index (χ1n) is 5.10. The number of amides is 2. The van der Waals surface area contributed by atoms with Gasteiger partial charge in [0, 0.05) is 6.04 Å². The van der Waals surface area contributed by atoms with Crippen LogP contribution in [0.5, 0.6) is 0 Å². The van der Waals surface area contributed by atoms with Gasteiger partial charge in [-0.05, 0) is 25.2 Å². The molecule has 1 saturated carbocycles. The van der Waals surface area contributed by atoms with Gasteiger partial charge >= 0.3 is 12.0 Å². The van der Waals surface area contributed by atoms with Gasteiger partial charge in [-0.15, -0.1) is 0 Å². The van der Waals surface area contributed by atoms with Gasteiger partial charge in [0.25, 0.3) is 0 Å². The van der Waals surface area contributed by atoms with Crippen molar-refractivity contribution in [2.75, 3.05) is 0 Å². The minimum absolute atomic E-state index is 0.181. The molecule has 0 spiro atoms. The van der Waals surface area contributed by atoms with Gasteiger partial charge in [-0.2, -0.15) is 0 Å². The van der Waals surface area contributed by atoms with Crippen molar-refractivity contribution in [3.63, 3.8) is 0 Å². The van der Waals surface area contributed by atoms with Crippen molar-refractivity contribution in [3.8, 4) is 0 Å². The lowest BCUT2D eigenvalue weighted by Gasteiger charge is -2.42. The van der Waals surface area contributed by atoms with Crippen LogP contribution in [0.2, 0.25) is 0 Å². The van der Waals surface area contributed by atoms with E-state index in [1.54, 1.807) is 0 Å². The number of aliphatic carboxylic acids is 1. The molecule has 5 nitrogen and oxygen atoms in total. The molecule has 5 heteroatoms. The Balaban J connectivity index is 2.23. The number of carboxylic acids is 1. The summed E-state index contributed by atoms with van der Waals surface area (Å²) in [5.41, 5.74) is 0.302. The standard InChI is InChI=1S/C10H18N2O3/c1-6(8(13)14)11-9(15)12-7-4-10(2,3)5-7/h6-7H,4-5H2,1-3H3,(H,13,14)(H2,11,12,15)/t6-/m0/s1. The van der Waals surface area contributed by atoms with Crippen LogP contribution in [0, 0.1) is 5.41 Å². The summed E-state index contributed by atoms with van der Waals surface area (Å²) in [7, 11) is 0. The molecule has 1 atom stereocenters. The fourth-order valence-electron chi connectivity index (χ4n) is 1.86. The molecule has 0 radical (unpaired) electrons. The summed E-state index contributed by atoms with van der Waals surface area (Å²) in [4.78, 5) is 21.8. The second kappa shape index (κ2) is 4.08. The maximum atomic E-state index is 11.3. The Morgan fingerprint density at radius 1 is 1.40 bits per heavy atom. The fourth-order valence-corrected chi connectivity index (χ4v) is 1.86. The van der Waals surface area contributed by atoms with E-state index in [1.807, 2.05) is 0 Å². The van der Waals surface area contributed by atoms with Crippen LogP contribution in [-0.2, 0) is 4.79 Å². The summed E-state index contributed by atoms with van der Waals surface area (Å²) >= 11 is 0. The lowest BCUT2D eigenvalue weighted by molar-refractivity contribution is -0.138. The van der Waals surface area contributed by atoms with Crippen LogP contribution in [0.3, 0.4) is 0 Å². The van der Waals surface area contributed by atoms with E-state index in [0.717, 1.165) is 12.8 Å². The van der Waals surface area contributed by atoms with E-state index in [4.69, 9.17) is 5.11 Å². The van der Waals surface area contributed by atoms with E-state index in [0.29, 0.717) is 5.41 Å². The Hall–Kier alpha value is -1.26. The van der Waals surface area contributed by atoms with Crippen LogP contribution in [0.25, 0.3) is 0 Å². The van der Waals surface area contributed by atoms with Crippen molar-refractivity contribution in [1.29, 1.82) is 0 Å². The number of urea groups is 1. The van der Waals surface area contributed by atoms with Crippen LogP contribution in [0.1, 0.15) is 33.6 Å². The zero-order valence-electron chi connectivity index (χ0n) is 9.33. The minimum atomic E-state index is -1.03. The Morgan fingerprint density at radius 3 is 2.33 bits per heavy atom. The third kappa shape index (κ3) is 3.42. The molecular weight excluding hydrogens is 196 g/mol. The number of rotatable bonds is 3. The highest BCUT2D eigenvalue weighted by atomic mass is 16.4. The smallest absolute Gasteiger partial charge is 0.325 e. The van der Waals surface area contributed by atoms with Crippen molar-refractivity contribution in [2.45, 2.75) is 45.7 Å². The first-order chi connectivity index (χ1) is 6.80. The number of hydrogen-bond donors (Lipinski definition) is 3. The van der Waals surface area contributed by atoms with Crippen LogP contribution in [0.4, 0.5) is 4.79 Å². The average Bonchev–Trinajstić information content (AvgIpc) is 1.99. The van der Waals surface area contributed by atoms with Crippen molar-refractivity contribution >= 4 is 12.0 Å². The molecule has 1 fully saturated rings. The van der Waals surface area contributed by atoms with E-state index in [-0.39, 0.29) is 6.04 Å². The SMILES string of the molecule is C[C@H](NC(=O)NC1CC(C)(C)C1)C(=O)O. The monoisotopic (exact) mass is 214 g/mol. The lowest BCUT2D eigenvalue weighted by Crippen LogP contribution is -2.53. The average molecular weight is 214 g/mol. The van der Waals surface area contributed by atoms with Gasteiger partial charge in [0.1, 0.15) is 6.04 Å². The Morgan fingerprint density at radius 2 is 1.93 bits per heavy atom. The molecule has 0 aliphatic heterocycles. The number of hydrogen-bond acceptors (Lipinski definition) is 2. The van der Waals surface area contributed by atoms with Crippen LogP contribution in [-0.4, -0.2) is 29.2 Å². The summed E-state index contributed by atoms with van der Waals surface area (Å²) in [5.74, 6) is -1.03. The minimum Gasteiger partial charge on any atom is -0.480 e. The van der Waals surface area contributed by atoms with Gasteiger partial charge in [0.2, 0.25) is 0 Å². The highest BCUT2D eigenvalue weighted by molar-refractivity contribution is 5.82. The molecule has 86 valence electrons. The van der Waals surface area contributed by atoms with E-state index in [9.17, 15) is 9.59 Å². The third-order valence-electron chi connectivity index (χ3n) is 2.65. The first kappa shape index (κ1) is 11.8. The van der Waals surface area contributed by atoms with Crippen molar-refractivity contribution in [2.24, 2.45) is 5.41 Å². The normalized spacial score (nSPS) is 21.3. The topological polar surface area (TPSA) is 78.4 Å². The van der Waals surface area contributed by atoms with E-state index < -0.39 is 18.0 Å². The number of carboxylic acid groups (broad SMARTS) is 1. The summed E-state index contributed by atoms with van der Waals surface area (Å²) in [6.07, 6.45) is 1.89. The van der Waals surface area contributed by atoms with Gasteiger partial charge in [0.05, 0.1) is 0 Å². The molecular formula is C10H18N2O3. The Kier molecular flexibility index (Phi) is 3.21. The molecule has 1 aliphatic rings. The molecule has 0 aromatic rings. The molecule has 15 heavy (non-hydrogen) atoms. The van der Waals surface area contributed by atoms with E-state index >= 15 is 0 Å². The quantitative estimate of drug-likeness (QED) is 0.654. The number of carbonyl (C=O) groups excluding carboxylic acids is 1. The molecule has 0 unspecified atom stereocenters. The lowest BCUT2D eigenvalue weighted by atomic mass is 9.68. The van der Waals surface area contributed by atoms with Crippen molar-refractivity contribution in [1.82, 2.24) is 10.6 Å². The third-order valence-corrected chi connectivity index (χ3v) is 2.65. The molecule has 0 heterocycles. The highest BCUT2D eigenvalue weighted by Crippen LogP contribution is 2.39. The summed E-state index contributed by atoms with van der Waals surface area (Å²) < 4.78 is 0. The predicted molar refractivity (Wildman–Crippen MR) is 55.6 cm³/mol. The summed E-state index contributed by atoms with van der Waals surface area (Å²) in [6.45, 7) is 5.72. The first-order valence-corrected chi connectivity index (χ1v) is 5.10. The van der Waals surface area contributed by atoms with Gasteiger partial charge < -0.3 is 15.7 Å². The van der Waals surface area contributed by atoms with Crippen LogP contribution < -0.4 is 10.6 Å². The second-order valence-electron chi connectivity index (χ2n) is 4.95. The number of carbonyl (C=O) groups is 2. The summed E-state index contributed by atoms with van der Waals surface area (Å²) in [6, 6.07) is -1.07.